The van der Waals surface area contributed by atoms with E-state index in [9.17, 15) is 9.59 Å². The molecule has 0 bridgehead atoms. The number of hydrogen-bond acceptors (Lipinski definition) is 4. The van der Waals surface area contributed by atoms with Crippen LogP contribution in [0.4, 0.5) is 0 Å². The normalized spacial score (nSPS) is 19.0. The smallest absolute Gasteiger partial charge is 0.254 e. The van der Waals surface area contributed by atoms with E-state index in [1.54, 1.807) is 14.2 Å². The Bertz CT molecular complexity index is 1020. The van der Waals surface area contributed by atoms with Crippen molar-refractivity contribution in [3.63, 3.8) is 0 Å². The molecule has 0 saturated carbocycles. The molecule has 0 N–H and O–H groups in total. The minimum Gasteiger partial charge on any atom is -0.493 e. The van der Waals surface area contributed by atoms with Gasteiger partial charge >= 0.3 is 0 Å². The van der Waals surface area contributed by atoms with Crippen molar-refractivity contribution in [1.29, 1.82) is 0 Å². The first kappa shape index (κ1) is 22.2. The Hall–Kier alpha value is -3.02. The molecule has 0 aliphatic carbocycles. The molecule has 4 rings (SSSR count). The maximum atomic E-state index is 14.0. The first-order chi connectivity index (χ1) is 15.5. The van der Waals surface area contributed by atoms with E-state index in [2.05, 4.69) is 6.92 Å². The maximum absolute atomic E-state index is 14.0. The van der Waals surface area contributed by atoms with Crippen LogP contribution in [0.2, 0.25) is 0 Å². The Kier molecular flexibility index (Phi) is 6.40. The summed E-state index contributed by atoms with van der Waals surface area (Å²) in [5, 5.41) is 0. The van der Waals surface area contributed by atoms with Gasteiger partial charge in [-0.2, -0.15) is 0 Å². The molecular weight excluding hydrogens is 404 g/mol. The van der Waals surface area contributed by atoms with E-state index in [0.29, 0.717) is 36.6 Å². The quantitative estimate of drug-likeness (QED) is 0.653. The van der Waals surface area contributed by atoms with Gasteiger partial charge in [0.05, 0.1) is 26.2 Å². The molecular formula is C26H32N2O4. The number of hydrogen-bond donors (Lipinski definition) is 0. The van der Waals surface area contributed by atoms with Crippen molar-refractivity contribution < 1.29 is 19.1 Å². The molecule has 6 heteroatoms. The number of nitrogens with zero attached hydrogens (tertiary/aromatic N) is 2. The van der Waals surface area contributed by atoms with Crippen LogP contribution in [0, 0.1) is 0 Å². The highest BCUT2D eigenvalue weighted by Crippen LogP contribution is 2.48. The van der Waals surface area contributed by atoms with Gasteiger partial charge in [0.1, 0.15) is 0 Å². The Balaban J connectivity index is 1.88. The largest absolute Gasteiger partial charge is 0.493 e. The van der Waals surface area contributed by atoms with Crippen molar-refractivity contribution in [3.05, 3.63) is 58.7 Å². The molecule has 0 unspecified atom stereocenters. The van der Waals surface area contributed by atoms with Gasteiger partial charge in [0.2, 0.25) is 5.91 Å². The maximum Gasteiger partial charge on any atom is 0.254 e. The minimum absolute atomic E-state index is 0.00769. The van der Waals surface area contributed by atoms with E-state index in [1.807, 2.05) is 53.1 Å². The first-order valence-electron chi connectivity index (χ1n) is 11.5. The Labute approximate surface area is 190 Å². The lowest BCUT2D eigenvalue weighted by molar-refractivity contribution is -0.134. The van der Waals surface area contributed by atoms with Crippen molar-refractivity contribution in [3.8, 4) is 11.5 Å². The highest BCUT2D eigenvalue weighted by atomic mass is 16.5. The molecule has 0 fully saturated rings. The predicted octanol–water partition coefficient (Wildman–Crippen LogP) is 4.19. The Morgan fingerprint density at radius 2 is 1.81 bits per heavy atom. The van der Waals surface area contributed by atoms with E-state index in [-0.39, 0.29) is 17.9 Å². The van der Waals surface area contributed by atoms with Crippen LogP contribution >= 0.6 is 0 Å². The van der Waals surface area contributed by atoms with Crippen molar-refractivity contribution in [2.45, 2.75) is 45.1 Å². The molecule has 170 valence electrons. The van der Waals surface area contributed by atoms with E-state index in [0.717, 1.165) is 36.1 Å². The summed E-state index contributed by atoms with van der Waals surface area (Å²) in [7, 11) is 3.23. The van der Waals surface area contributed by atoms with Crippen molar-refractivity contribution in [2.24, 2.45) is 0 Å². The molecule has 2 aliphatic heterocycles. The molecule has 2 aromatic rings. The molecule has 2 heterocycles. The average molecular weight is 437 g/mol. The molecule has 0 spiro atoms. The lowest BCUT2D eigenvalue weighted by Crippen LogP contribution is -2.51. The van der Waals surface area contributed by atoms with Crippen LogP contribution in [0.3, 0.4) is 0 Å². The van der Waals surface area contributed by atoms with E-state index in [1.165, 1.54) is 0 Å². The Morgan fingerprint density at radius 3 is 2.50 bits per heavy atom. The van der Waals surface area contributed by atoms with Crippen LogP contribution in [0.25, 0.3) is 0 Å². The number of methoxy groups -OCH3 is 2. The summed E-state index contributed by atoms with van der Waals surface area (Å²) in [4.78, 5) is 31.3. The number of likely N-dealkylation sites (N-methyl/N-ethyl adjacent to an activating group) is 1. The van der Waals surface area contributed by atoms with E-state index < -0.39 is 5.92 Å². The standard InChI is InChI=1S/C26H32N2O4/c1-5-7-13-27(6-2)26(30)23-18-10-8-9-11-19(18)25(29)28-14-12-17-15-21(31-3)22(32-4)16-20(17)24(23)28/h8-11,15-16,23-24H,5-7,12-14H2,1-4H3/t23-,24-/m1/s1. The third-order valence-corrected chi connectivity index (χ3v) is 6.77. The van der Waals surface area contributed by atoms with Gasteiger partial charge in [0, 0.05) is 25.2 Å². The molecule has 2 aliphatic rings. The fourth-order valence-corrected chi connectivity index (χ4v) is 5.09. The number of rotatable bonds is 7. The molecule has 2 atom stereocenters. The summed E-state index contributed by atoms with van der Waals surface area (Å²) in [6, 6.07) is 11.2. The SMILES string of the molecule is CCCCN(CC)C(=O)[C@@H]1c2ccccc2C(=O)N2CCc3cc(OC)c(OC)cc3[C@H]12. The van der Waals surface area contributed by atoms with Gasteiger partial charge in [-0.3, -0.25) is 9.59 Å². The number of carbonyl (C=O) groups is 2. The van der Waals surface area contributed by atoms with Crippen LogP contribution < -0.4 is 9.47 Å². The summed E-state index contributed by atoms with van der Waals surface area (Å²) in [5.41, 5.74) is 3.53. The van der Waals surface area contributed by atoms with Gasteiger partial charge in [0.15, 0.2) is 11.5 Å². The number of carbonyl (C=O) groups excluding carboxylic acids is 2. The lowest BCUT2D eigenvalue weighted by Gasteiger charge is -2.46. The highest BCUT2D eigenvalue weighted by molar-refractivity contribution is 6.01. The fraction of sp³-hybridized carbons (Fsp3) is 0.462. The number of benzene rings is 2. The fourth-order valence-electron chi connectivity index (χ4n) is 5.09. The van der Waals surface area contributed by atoms with Crippen molar-refractivity contribution >= 4 is 11.8 Å². The van der Waals surface area contributed by atoms with Gasteiger partial charge in [-0.05, 0) is 54.7 Å². The van der Waals surface area contributed by atoms with Gasteiger partial charge in [-0.15, -0.1) is 0 Å². The topological polar surface area (TPSA) is 59.1 Å². The second-order valence-electron chi connectivity index (χ2n) is 8.44. The van der Waals surface area contributed by atoms with E-state index in [4.69, 9.17) is 9.47 Å². The third-order valence-electron chi connectivity index (χ3n) is 6.77. The molecule has 0 radical (unpaired) electrons. The summed E-state index contributed by atoms with van der Waals surface area (Å²) < 4.78 is 11.1. The number of fused-ring (bicyclic) bond motifs is 4. The van der Waals surface area contributed by atoms with Gasteiger partial charge in [-0.1, -0.05) is 31.5 Å². The summed E-state index contributed by atoms with van der Waals surface area (Å²) in [6.07, 6.45) is 2.70. The van der Waals surface area contributed by atoms with Gasteiger partial charge in [-0.25, -0.2) is 0 Å². The van der Waals surface area contributed by atoms with Crippen LogP contribution in [0.15, 0.2) is 36.4 Å². The summed E-state index contributed by atoms with van der Waals surface area (Å²) in [5.74, 6) is 0.912. The molecule has 2 amide bonds. The molecule has 0 saturated heterocycles. The summed E-state index contributed by atoms with van der Waals surface area (Å²) >= 11 is 0. The molecule has 2 aromatic carbocycles. The minimum atomic E-state index is -0.446. The second-order valence-corrected chi connectivity index (χ2v) is 8.44. The van der Waals surface area contributed by atoms with Crippen LogP contribution in [-0.2, 0) is 11.2 Å². The molecule has 32 heavy (non-hydrogen) atoms. The molecule has 6 nitrogen and oxygen atoms in total. The van der Waals surface area contributed by atoms with Gasteiger partial charge < -0.3 is 19.3 Å². The van der Waals surface area contributed by atoms with Crippen molar-refractivity contribution in [2.75, 3.05) is 33.9 Å². The lowest BCUT2D eigenvalue weighted by atomic mass is 9.75. The van der Waals surface area contributed by atoms with Crippen LogP contribution in [0.5, 0.6) is 11.5 Å². The summed E-state index contributed by atoms with van der Waals surface area (Å²) in [6.45, 7) is 6.10. The zero-order valence-electron chi connectivity index (χ0n) is 19.4. The monoisotopic (exact) mass is 436 g/mol. The van der Waals surface area contributed by atoms with E-state index >= 15 is 0 Å². The highest BCUT2D eigenvalue weighted by Gasteiger charge is 2.47. The number of ether oxygens (including phenoxy) is 2. The van der Waals surface area contributed by atoms with Crippen molar-refractivity contribution in [1.82, 2.24) is 9.80 Å². The second kappa shape index (κ2) is 9.23. The zero-order chi connectivity index (χ0) is 22.8. The van der Waals surface area contributed by atoms with Crippen LogP contribution in [-0.4, -0.2) is 55.5 Å². The first-order valence-corrected chi connectivity index (χ1v) is 11.5. The number of unbranched alkanes of at least 4 members (excludes halogenated alkanes) is 1. The Morgan fingerprint density at radius 1 is 1.09 bits per heavy atom. The third kappa shape index (κ3) is 3.61. The number of amides is 2. The average Bonchev–Trinajstić information content (AvgIpc) is 2.83. The zero-order valence-corrected chi connectivity index (χ0v) is 19.4. The predicted molar refractivity (Wildman–Crippen MR) is 123 cm³/mol. The molecule has 0 aromatic heterocycles. The van der Waals surface area contributed by atoms with Gasteiger partial charge in [0.25, 0.3) is 5.91 Å². The van der Waals surface area contributed by atoms with Crippen LogP contribution in [0.1, 0.15) is 65.7 Å².